The highest BCUT2D eigenvalue weighted by molar-refractivity contribution is 9.10. The highest BCUT2D eigenvalue weighted by Crippen LogP contribution is 2.13. The summed E-state index contributed by atoms with van der Waals surface area (Å²) >= 11 is 3.30. The molecule has 2 aromatic heterocycles. The van der Waals surface area contributed by atoms with E-state index in [1.165, 1.54) is 0 Å². The molecule has 1 N–H and O–H groups in total. The highest BCUT2D eigenvalue weighted by Gasteiger charge is 2.14. The van der Waals surface area contributed by atoms with Crippen LogP contribution in [-0.2, 0) is 13.6 Å². The smallest absolute Gasteiger partial charge is 0.270 e. The number of aromatic nitrogens is 3. The third-order valence-corrected chi connectivity index (χ3v) is 2.86. The Bertz CT molecular complexity index is 531. The predicted molar refractivity (Wildman–Crippen MR) is 67.5 cm³/mol. The summed E-state index contributed by atoms with van der Waals surface area (Å²) in [6.07, 6.45) is 5.40. The number of H-pyrrole nitrogens is 1. The van der Waals surface area contributed by atoms with Gasteiger partial charge in [0.2, 0.25) is 0 Å². The molecule has 90 valence electrons. The summed E-state index contributed by atoms with van der Waals surface area (Å²) in [5, 5.41) is 4.07. The molecule has 1 amide bonds. The minimum Gasteiger partial charge on any atom is -0.356 e. The molecule has 0 radical (unpaired) electrons. The van der Waals surface area contributed by atoms with Crippen molar-refractivity contribution in [3.8, 4) is 0 Å². The number of carbonyl (C=O) groups excluding carboxylic acids is 1. The molecule has 0 saturated heterocycles. The minimum absolute atomic E-state index is 0.0421. The van der Waals surface area contributed by atoms with Crippen LogP contribution in [0, 0.1) is 0 Å². The molecule has 0 aromatic carbocycles. The lowest BCUT2D eigenvalue weighted by atomic mass is 10.3. The second-order valence-corrected chi connectivity index (χ2v) is 4.83. The molecule has 0 aliphatic rings. The molecule has 0 saturated carbocycles. The van der Waals surface area contributed by atoms with Gasteiger partial charge in [-0.25, -0.2) is 0 Å². The second kappa shape index (κ2) is 4.75. The lowest BCUT2D eigenvalue weighted by molar-refractivity contribution is 0.0780. The molecule has 0 atom stereocenters. The summed E-state index contributed by atoms with van der Waals surface area (Å²) in [6.45, 7) is 0.545. The number of amides is 1. The largest absolute Gasteiger partial charge is 0.356 e. The maximum Gasteiger partial charge on any atom is 0.270 e. The van der Waals surface area contributed by atoms with Gasteiger partial charge in [-0.3, -0.25) is 9.48 Å². The number of carbonyl (C=O) groups is 1. The van der Waals surface area contributed by atoms with Crippen LogP contribution >= 0.6 is 15.9 Å². The molecule has 2 heterocycles. The van der Waals surface area contributed by atoms with E-state index in [0.717, 1.165) is 10.0 Å². The van der Waals surface area contributed by atoms with Crippen LogP contribution in [0.3, 0.4) is 0 Å². The summed E-state index contributed by atoms with van der Waals surface area (Å²) in [5.74, 6) is -0.0421. The predicted octanol–water partition coefficient (Wildman–Crippen LogP) is 1.78. The first-order chi connectivity index (χ1) is 8.06. The lowest BCUT2D eigenvalue weighted by Gasteiger charge is -2.14. The first kappa shape index (κ1) is 11.9. The number of aryl methyl sites for hydroxylation is 1. The normalized spacial score (nSPS) is 10.5. The van der Waals surface area contributed by atoms with Gasteiger partial charge in [0.05, 0.1) is 6.20 Å². The Kier molecular flexibility index (Phi) is 3.33. The van der Waals surface area contributed by atoms with Crippen LogP contribution in [0.5, 0.6) is 0 Å². The molecule has 0 aliphatic carbocycles. The van der Waals surface area contributed by atoms with Gasteiger partial charge in [0, 0.05) is 43.1 Å². The molecule has 17 heavy (non-hydrogen) atoms. The Morgan fingerprint density at radius 1 is 1.65 bits per heavy atom. The Labute approximate surface area is 108 Å². The number of nitrogens with one attached hydrogen (secondary N) is 1. The number of hydrogen-bond donors (Lipinski definition) is 1. The number of halogens is 1. The van der Waals surface area contributed by atoms with E-state index in [-0.39, 0.29) is 5.91 Å². The standard InChI is InChI=1S/C11H13BrN4O/c1-15(6-8-4-14-16(2)7-8)11(17)10-3-9(12)5-13-10/h3-5,7,13H,6H2,1-2H3. The van der Waals surface area contributed by atoms with E-state index >= 15 is 0 Å². The van der Waals surface area contributed by atoms with Crippen LogP contribution in [0.15, 0.2) is 29.1 Å². The molecule has 0 aliphatic heterocycles. The molecule has 2 rings (SSSR count). The van der Waals surface area contributed by atoms with Gasteiger partial charge in [-0.15, -0.1) is 0 Å². The van der Waals surface area contributed by atoms with E-state index in [1.807, 2.05) is 13.2 Å². The molecule has 5 nitrogen and oxygen atoms in total. The zero-order chi connectivity index (χ0) is 12.4. The van der Waals surface area contributed by atoms with Crippen molar-refractivity contribution in [2.75, 3.05) is 7.05 Å². The van der Waals surface area contributed by atoms with E-state index < -0.39 is 0 Å². The molecular weight excluding hydrogens is 284 g/mol. The average Bonchev–Trinajstić information content (AvgIpc) is 2.87. The van der Waals surface area contributed by atoms with Crippen molar-refractivity contribution in [3.05, 3.63) is 40.4 Å². The summed E-state index contributed by atoms with van der Waals surface area (Å²) in [7, 11) is 3.62. The van der Waals surface area contributed by atoms with Crippen molar-refractivity contribution in [1.82, 2.24) is 19.7 Å². The van der Waals surface area contributed by atoms with Crippen molar-refractivity contribution >= 4 is 21.8 Å². The van der Waals surface area contributed by atoms with Crippen LogP contribution in [0.1, 0.15) is 16.1 Å². The first-order valence-electron chi connectivity index (χ1n) is 5.13. The number of hydrogen-bond acceptors (Lipinski definition) is 2. The SMILES string of the molecule is CN(Cc1cnn(C)c1)C(=O)c1cc(Br)c[nH]1. The fourth-order valence-corrected chi connectivity index (χ4v) is 1.94. The van der Waals surface area contributed by atoms with Gasteiger partial charge < -0.3 is 9.88 Å². The number of aromatic amines is 1. The van der Waals surface area contributed by atoms with Crippen LogP contribution in [0.25, 0.3) is 0 Å². The van der Waals surface area contributed by atoms with E-state index in [2.05, 4.69) is 26.0 Å². The summed E-state index contributed by atoms with van der Waals surface area (Å²) in [4.78, 5) is 16.6. The highest BCUT2D eigenvalue weighted by atomic mass is 79.9. The Morgan fingerprint density at radius 2 is 2.41 bits per heavy atom. The molecule has 0 fully saturated rings. The van der Waals surface area contributed by atoms with Gasteiger partial charge in [-0.1, -0.05) is 0 Å². The van der Waals surface area contributed by atoms with Crippen LogP contribution in [-0.4, -0.2) is 32.6 Å². The van der Waals surface area contributed by atoms with Gasteiger partial charge in [0.25, 0.3) is 5.91 Å². The summed E-state index contributed by atoms with van der Waals surface area (Å²) in [5.41, 5.74) is 1.58. The number of nitrogens with zero attached hydrogens (tertiary/aromatic N) is 3. The van der Waals surface area contributed by atoms with Crippen LogP contribution < -0.4 is 0 Å². The monoisotopic (exact) mass is 296 g/mol. The van der Waals surface area contributed by atoms with Gasteiger partial charge >= 0.3 is 0 Å². The Hall–Kier alpha value is -1.56. The maximum absolute atomic E-state index is 12.0. The molecule has 2 aromatic rings. The van der Waals surface area contributed by atoms with E-state index in [1.54, 1.807) is 35.1 Å². The maximum atomic E-state index is 12.0. The Morgan fingerprint density at radius 3 is 2.94 bits per heavy atom. The van der Waals surface area contributed by atoms with Crippen LogP contribution in [0.2, 0.25) is 0 Å². The van der Waals surface area contributed by atoms with E-state index in [9.17, 15) is 4.79 Å². The van der Waals surface area contributed by atoms with Crippen molar-refractivity contribution in [2.45, 2.75) is 6.54 Å². The minimum atomic E-state index is -0.0421. The third kappa shape index (κ3) is 2.76. The summed E-state index contributed by atoms with van der Waals surface area (Å²) < 4.78 is 2.59. The van der Waals surface area contributed by atoms with E-state index in [0.29, 0.717) is 12.2 Å². The van der Waals surface area contributed by atoms with E-state index in [4.69, 9.17) is 0 Å². The van der Waals surface area contributed by atoms with Gasteiger partial charge in [0.15, 0.2) is 0 Å². The lowest BCUT2D eigenvalue weighted by Crippen LogP contribution is -2.26. The quantitative estimate of drug-likeness (QED) is 0.939. The van der Waals surface area contributed by atoms with Crippen molar-refractivity contribution in [3.63, 3.8) is 0 Å². The third-order valence-electron chi connectivity index (χ3n) is 2.40. The molecule has 0 unspecified atom stereocenters. The molecule has 6 heteroatoms. The van der Waals surface area contributed by atoms with Crippen LogP contribution in [0.4, 0.5) is 0 Å². The van der Waals surface area contributed by atoms with Gasteiger partial charge in [-0.05, 0) is 22.0 Å². The fraction of sp³-hybridized carbons (Fsp3) is 0.273. The molecule has 0 bridgehead atoms. The van der Waals surface area contributed by atoms with Crippen molar-refractivity contribution < 1.29 is 4.79 Å². The molecular formula is C11H13BrN4O. The zero-order valence-electron chi connectivity index (χ0n) is 9.64. The average molecular weight is 297 g/mol. The zero-order valence-corrected chi connectivity index (χ0v) is 11.2. The Balaban J connectivity index is 2.05. The topological polar surface area (TPSA) is 53.9 Å². The van der Waals surface area contributed by atoms with Gasteiger partial charge in [0.1, 0.15) is 5.69 Å². The van der Waals surface area contributed by atoms with Crippen molar-refractivity contribution in [1.29, 1.82) is 0 Å². The number of rotatable bonds is 3. The first-order valence-corrected chi connectivity index (χ1v) is 5.92. The molecule has 0 spiro atoms. The summed E-state index contributed by atoms with van der Waals surface area (Å²) in [6, 6.07) is 1.77. The second-order valence-electron chi connectivity index (χ2n) is 3.92. The van der Waals surface area contributed by atoms with Crippen molar-refractivity contribution in [2.24, 2.45) is 7.05 Å². The fourth-order valence-electron chi connectivity index (χ4n) is 1.60. The van der Waals surface area contributed by atoms with Gasteiger partial charge in [-0.2, -0.15) is 5.10 Å².